The molecule has 1 atom stereocenters. The van der Waals surface area contributed by atoms with Crippen LogP contribution in [0.2, 0.25) is 0 Å². The lowest BCUT2D eigenvalue weighted by Crippen LogP contribution is -2.45. The van der Waals surface area contributed by atoms with Crippen LogP contribution in [0.1, 0.15) is 29.8 Å². The number of hydrogen-bond donors (Lipinski definition) is 2. The number of aromatic amines is 1. The van der Waals surface area contributed by atoms with Crippen molar-refractivity contribution in [3.8, 4) is 0 Å². The van der Waals surface area contributed by atoms with Gasteiger partial charge in [0.25, 0.3) is 0 Å². The smallest absolute Gasteiger partial charge is 0.245 e. The molecule has 0 saturated heterocycles. The predicted molar refractivity (Wildman–Crippen MR) is 129 cm³/mol. The zero-order valence-corrected chi connectivity index (χ0v) is 19.1. The largest absolute Gasteiger partial charge is 0.361 e. The molecule has 0 unspecified atom stereocenters. The number of hydrogen-bond acceptors (Lipinski definition) is 5. The van der Waals surface area contributed by atoms with Crippen molar-refractivity contribution in [3.05, 3.63) is 59.6 Å². The van der Waals surface area contributed by atoms with E-state index in [1.807, 2.05) is 30.9 Å². The molecule has 162 valence electrons. The number of anilines is 1. The molecule has 6 nitrogen and oxygen atoms in total. The molecule has 0 aliphatic carbocycles. The second kappa shape index (κ2) is 9.56. The van der Waals surface area contributed by atoms with Crippen molar-refractivity contribution >= 4 is 40.1 Å². The standard InChI is InChI=1S/C24H29N5OS/c1-16-14-17(2)27-24(26-16)28-22(10-13-31-3)23(30)29-11-8-18(9-12-29)20-15-25-21-7-5-4-6-19(20)21/h4-8,14-15,22,25H,9-13H2,1-3H3,(H,26,27,28)/t22-/m0/s1. The van der Waals surface area contributed by atoms with Gasteiger partial charge in [-0.05, 0) is 56.4 Å². The van der Waals surface area contributed by atoms with Crippen LogP contribution in [0.5, 0.6) is 0 Å². The molecule has 3 aromatic rings. The second-order valence-corrected chi connectivity index (χ2v) is 8.95. The number of aryl methyl sites for hydroxylation is 2. The van der Waals surface area contributed by atoms with Gasteiger partial charge in [-0.2, -0.15) is 11.8 Å². The van der Waals surface area contributed by atoms with E-state index >= 15 is 0 Å². The van der Waals surface area contributed by atoms with Crippen molar-refractivity contribution in [1.29, 1.82) is 0 Å². The van der Waals surface area contributed by atoms with E-state index in [4.69, 9.17) is 0 Å². The molecule has 0 spiro atoms. The van der Waals surface area contributed by atoms with Crippen molar-refractivity contribution in [2.45, 2.75) is 32.7 Å². The number of H-pyrrole nitrogens is 1. The molecule has 1 aliphatic heterocycles. The molecule has 1 amide bonds. The Morgan fingerprint density at radius 3 is 2.74 bits per heavy atom. The number of nitrogens with zero attached hydrogens (tertiary/aromatic N) is 3. The second-order valence-electron chi connectivity index (χ2n) is 7.96. The van der Waals surface area contributed by atoms with Gasteiger partial charge in [-0.25, -0.2) is 9.97 Å². The fraction of sp³-hybridized carbons (Fsp3) is 0.375. The molecular formula is C24H29N5OS. The molecule has 2 N–H and O–H groups in total. The summed E-state index contributed by atoms with van der Waals surface area (Å²) in [5.41, 5.74) is 5.48. The first-order valence-electron chi connectivity index (χ1n) is 10.7. The van der Waals surface area contributed by atoms with Gasteiger partial charge in [0.15, 0.2) is 0 Å². The fourth-order valence-electron chi connectivity index (χ4n) is 4.11. The summed E-state index contributed by atoms with van der Waals surface area (Å²) in [5.74, 6) is 1.55. The third kappa shape index (κ3) is 4.93. The summed E-state index contributed by atoms with van der Waals surface area (Å²) in [6.07, 6.45) is 7.92. The number of aromatic nitrogens is 3. The first-order chi connectivity index (χ1) is 15.0. The zero-order valence-electron chi connectivity index (χ0n) is 18.3. The first kappa shape index (κ1) is 21.4. The van der Waals surface area contributed by atoms with Crippen LogP contribution in [-0.2, 0) is 4.79 Å². The highest BCUT2D eigenvalue weighted by Gasteiger charge is 2.27. The predicted octanol–water partition coefficient (Wildman–Crippen LogP) is 4.42. The summed E-state index contributed by atoms with van der Waals surface area (Å²) in [4.78, 5) is 27.6. The van der Waals surface area contributed by atoms with Crippen LogP contribution in [0, 0.1) is 13.8 Å². The van der Waals surface area contributed by atoms with Gasteiger partial charge in [0.1, 0.15) is 6.04 Å². The van der Waals surface area contributed by atoms with Crippen LogP contribution in [0.25, 0.3) is 16.5 Å². The Bertz CT molecular complexity index is 1090. The highest BCUT2D eigenvalue weighted by Crippen LogP contribution is 2.29. The van der Waals surface area contributed by atoms with Crippen molar-refractivity contribution < 1.29 is 4.79 Å². The number of rotatable bonds is 7. The molecule has 4 rings (SSSR count). The fourth-order valence-corrected chi connectivity index (χ4v) is 4.58. The van der Waals surface area contributed by atoms with E-state index in [0.29, 0.717) is 12.5 Å². The number of amides is 1. The number of carbonyl (C=O) groups excluding carboxylic acids is 1. The lowest BCUT2D eigenvalue weighted by molar-refractivity contribution is -0.131. The highest BCUT2D eigenvalue weighted by atomic mass is 32.2. The molecule has 1 aliphatic rings. The Balaban J connectivity index is 1.48. The van der Waals surface area contributed by atoms with Crippen molar-refractivity contribution in [1.82, 2.24) is 19.9 Å². The van der Waals surface area contributed by atoms with E-state index in [2.05, 4.69) is 57.0 Å². The van der Waals surface area contributed by atoms with Gasteiger partial charge < -0.3 is 15.2 Å². The maximum Gasteiger partial charge on any atom is 0.245 e. The number of benzene rings is 1. The summed E-state index contributed by atoms with van der Waals surface area (Å²) < 4.78 is 0. The average Bonchev–Trinajstić information content (AvgIpc) is 3.20. The minimum Gasteiger partial charge on any atom is -0.361 e. The number of fused-ring (bicyclic) bond motifs is 1. The van der Waals surface area contributed by atoms with Gasteiger partial charge in [-0.3, -0.25) is 4.79 Å². The molecule has 1 aromatic carbocycles. The average molecular weight is 436 g/mol. The van der Waals surface area contributed by atoms with Crippen molar-refractivity contribution in [3.63, 3.8) is 0 Å². The van der Waals surface area contributed by atoms with Crippen LogP contribution >= 0.6 is 11.8 Å². The Labute approximate surface area is 187 Å². The van der Waals surface area contributed by atoms with Gasteiger partial charge in [-0.15, -0.1) is 0 Å². The number of para-hydroxylation sites is 1. The minimum atomic E-state index is -0.323. The van der Waals surface area contributed by atoms with Crippen LogP contribution in [0.3, 0.4) is 0 Å². The summed E-state index contributed by atoms with van der Waals surface area (Å²) in [7, 11) is 0. The Morgan fingerprint density at radius 2 is 2.03 bits per heavy atom. The van der Waals surface area contributed by atoms with Crippen LogP contribution < -0.4 is 5.32 Å². The van der Waals surface area contributed by atoms with Gasteiger partial charge in [0, 0.05) is 47.1 Å². The topological polar surface area (TPSA) is 73.9 Å². The minimum absolute atomic E-state index is 0.117. The van der Waals surface area contributed by atoms with Gasteiger partial charge in [-0.1, -0.05) is 24.3 Å². The Hall–Kier alpha value is -2.80. The van der Waals surface area contributed by atoms with E-state index in [9.17, 15) is 4.79 Å². The summed E-state index contributed by atoms with van der Waals surface area (Å²) >= 11 is 1.74. The van der Waals surface area contributed by atoms with E-state index < -0.39 is 0 Å². The third-order valence-electron chi connectivity index (χ3n) is 5.65. The molecule has 7 heteroatoms. The number of thioether (sulfide) groups is 1. The Kier molecular flexibility index (Phi) is 6.61. The zero-order chi connectivity index (χ0) is 21.8. The van der Waals surface area contributed by atoms with Crippen LogP contribution in [0.15, 0.2) is 42.6 Å². The normalized spacial score (nSPS) is 15.1. The van der Waals surface area contributed by atoms with E-state index in [0.717, 1.165) is 42.0 Å². The van der Waals surface area contributed by atoms with Crippen LogP contribution in [0.4, 0.5) is 5.95 Å². The molecule has 2 aromatic heterocycles. The van der Waals surface area contributed by atoms with Crippen molar-refractivity contribution in [2.75, 3.05) is 30.4 Å². The molecule has 0 radical (unpaired) electrons. The SMILES string of the molecule is CSCC[C@H](Nc1nc(C)cc(C)n1)C(=O)N1CC=C(c2c[nH]c3ccccc23)CC1. The monoisotopic (exact) mass is 435 g/mol. The quantitative estimate of drug-likeness (QED) is 0.575. The maximum absolute atomic E-state index is 13.3. The molecule has 31 heavy (non-hydrogen) atoms. The van der Waals surface area contributed by atoms with Gasteiger partial charge in [0.2, 0.25) is 11.9 Å². The third-order valence-corrected chi connectivity index (χ3v) is 6.29. The van der Waals surface area contributed by atoms with E-state index in [-0.39, 0.29) is 11.9 Å². The number of nitrogens with one attached hydrogen (secondary N) is 2. The van der Waals surface area contributed by atoms with Crippen molar-refractivity contribution in [2.24, 2.45) is 0 Å². The molecule has 3 heterocycles. The maximum atomic E-state index is 13.3. The van der Waals surface area contributed by atoms with Gasteiger partial charge in [0.05, 0.1) is 0 Å². The lowest BCUT2D eigenvalue weighted by Gasteiger charge is -2.30. The summed E-state index contributed by atoms with van der Waals surface area (Å²) in [6, 6.07) is 9.96. The Morgan fingerprint density at radius 1 is 1.26 bits per heavy atom. The molecule has 0 fully saturated rings. The van der Waals surface area contributed by atoms with Crippen LogP contribution in [-0.4, -0.2) is 56.9 Å². The summed E-state index contributed by atoms with van der Waals surface area (Å²) in [6.45, 7) is 5.23. The number of carbonyl (C=O) groups is 1. The molecular weight excluding hydrogens is 406 g/mol. The van der Waals surface area contributed by atoms with E-state index in [1.165, 1.54) is 16.5 Å². The summed E-state index contributed by atoms with van der Waals surface area (Å²) in [5, 5.41) is 4.54. The highest BCUT2D eigenvalue weighted by molar-refractivity contribution is 7.98. The lowest BCUT2D eigenvalue weighted by atomic mass is 9.98. The van der Waals surface area contributed by atoms with E-state index in [1.54, 1.807) is 11.8 Å². The van der Waals surface area contributed by atoms with Gasteiger partial charge >= 0.3 is 0 Å². The first-order valence-corrected chi connectivity index (χ1v) is 12.1. The molecule has 0 saturated carbocycles. The molecule has 0 bridgehead atoms.